The molecule has 3 rings (SSSR count). The second kappa shape index (κ2) is 3.58. The van der Waals surface area contributed by atoms with Crippen LogP contribution in [0.15, 0.2) is 58.9 Å². The maximum atomic E-state index is 4.98. The van der Waals surface area contributed by atoms with Gasteiger partial charge in [-0.05, 0) is 9.97 Å². The number of aromatic nitrogens is 4. The lowest BCUT2D eigenvalue weighted by Gasteiger charge is -1.88. The fourth-order valence-electron chi connectivity index (χ4n) is 1.35. The molecule has 6 nitrogen and oxygen atoms in total. The number of hydrogen-bond acceptors (Lipinski definition) is 4. The molecule has 0 fully saturated rings. The van der Waals surface area contributed by atoms with Crippen LogP contribution in [0, 0.1) is 0 Å². The van der Waals surface area contributed by atoms with Crippen molar-refractivity contribution in [3.05, 3.63) is 50.1 Å². The highest BCUT2D eigenvalue weighted by atomic mass is 16.3. The van der Waals surface area contributed by atoms with Crippen LogP contribution in [0.3, 0.4) is 0 Å². The first-order valence-corrected chi connectivity index (χ1v) is 4.63. The Labute approximate surface area is 90.4 Å². The monoisotopic (exact) mass is 216 g/mol. The highest BCUT2D eigenvalue weighted by molar-refractivity contribution is 5.18. The molecular weight excluding hydrogens is 208 g/mol. The Balaban J connectivity index is 2.07. The molecule has 0 aliphatic heterocycles. The van der Waals surface area contributed by atoms with E-state index >= 15 is 0 Å². The summed E-state index contributed by atoms with van der Waals surface area (Å²) in [4.78, 5) is 8.28. The number of oxazole rings is 2. The molecule has 0 aromatic carbocycles. The van der Waals surface area contributed by atoms with Crippen LogP contribution < -0.4 is 9.13 Å². The van der Waals surface area contributed by atoms with E-state index in [-0.39, 0.29) is 0 Å². The van der Waals surface area contributed by atoms with Gasteiger partial charge in [-0.3, -0.25) is 0 Å². The minimum absolute atomic E-state index is 0.729. The van der Waals surface area contributed by atoms with Crippen molar-refractivity contribution in [2.45, 2.75) is 0 Å². The Morgan fingerprint density at radius 2 is 1.44 bits per heavy atom. The minimum atomic E-state index is 0.729. The molecule has 0 unspecified atom stereocenters. The van der Waals surface area contributed by atoms with Gasteiger partial charge in [0, 0.05) is 0 Å². The van der Waals surface area contributed by atoms with E-state index in [0.29, 0.717) is 0 Å². The molecule has 0 bridgehead atoms. The highest BCUT2D eigenvalue weighted by Crippen LogP contribution is 1.97. The van der Waals surface area contributed by atoms with E-state index < -0.39 is 0 Å². The molecule has 16 heavy (non-hydrogen) atoms. The van der Waals surface area contributed by atoms with Crippen molar-refractivity contribution < 1.29 is 18.0 Å². The number of nitrogens with zero attached hydrogens (tertiary/aromatic N) is 4. The normalized spacial score (nSPS) is 10.5. The van der Waals surface area contributed by atoms with E-state index in [9.17, 15) is 0 Å². The van der Waals surface area contributed by atoms with Crippen molar-refractivity contribution in [1.29, 1.82) is 0 Å². The van der Waals surface area contributed by atoms with Gasteiger partial charge in [0.1, 0.15) is 31.0 Å². The molecule has 0 aliphatic carbocycles. The van der Waals surface area contributed by atoms with Gasteiger partial charge in [0.15, 0.2) is 0 Å². The van der Waals surface area contributed by atoms with E-state index in [1.807, 2.05) is 6.07 Å². The van der Waals surface area contributed by atoms with Crippen molar-refractivity contribution >= 4 is 0 Å². The van der Waals surface area contributed by atoms with Crippen molar-refractivity contribution in [3.63, 3.8) is 0 Å². The molecule has 0 saturated carbocycles. The summed E-state index contributed by atoms with van der Waals surface area (Å²) < 4.78 is 13.5. The molecule has 78 valence electrons. The van der Waals surface area contributed by atoms with Crippen LogP contribution >= 0.6 is 0 Å². The summed E-state index contributed by atoms with van der Waals surface area (Å²) in [7, 11) is 0. The Bertz CT molecular complexity index is 525. The average molecular weight is 216 g/mol. The smallest absolute Gasteiger partial charge is 0.343 e. The average Bonchev–Trinajstić information content (AvgIpc) is 3.03. The van der Waals surface area contributed by atoms with E-state index in [0.717, 1.165) is 11.6 Å². The number of hydrogen-bond donors (Lipinski definition) is 0. The van der Waals surface area contributed by atoms with E-state index in [4.69, 9.17) is 8.83 Å². The van der Waals surface area contributed by atoms with E-state index in [2.05, 4.69) is 9.97 Å². The third-order valence-corrected chi connectivity index (χ3v) is 2.12. The maximum Gasteiger partial charge on any atom is 0.343 e. The summed E-state index contributed by atoms with van der Waals surface area (Å²) in [5, 5.41) is 0. The Morgan fingerprint density at radius 3 is 1.88 bits per heavy atom. The molecule has 6 heteroatoms. The zero-order chi connectivity index (χ0) is 10.8. The lowest BCUT2D eigenvalue weighted by atomic mass is 10.5. The predicted octanol–water partition coefficient (Wildman–Crippen LogP) is 0.216. The second-order valence-electron chi connectivity index (χ2n) is 3.10. The quantitative estimate of drug-likeness (QED) is 0.575. The van der Waals surface area contributed by atoms with Gasteiger partial charge in [0.05, 0.1) is 0 Å². The molecule has 3 heterocycles. The topological polar surface area (TPSA) is 59.8 Å². The van der Waals surface area contributed by atoms with Crippen molar-refractivity contribution in [2.75, 3.05) is 0 Å². The first-order chi connectivity index (χ1) is 7.93. The lowest BCUT2D eigenvalue weighted by Crippen LogP contribution is -2.32. The maximum absolute atomic E-state index is 4.98. The van der Waals surface area contributed by atoms with Crippen molar-refractivity contribution in [1.82, 2.24) is 9.97 Å². The van der Waals surface area contributed by atoms with Crippen molar-refractivity contribution in [3.8, 4) is 11.6 Å². The molecular formula is C10H8N4O2+2. The van der Waals surface area contributed by atoms with E-state index in [1.54, 1.807) is 46.8 Å². The molecule has 0 spiro atoms. The SMILES string of the molecule is c1nc(-[n+]2ccoc2)cc(-[n+]2ccoc2)n1. The first-order valence-electron chi connectivity index (χ1n) is 4.63. The Morgan fingerprint density at radius 1 is 0.875 bits per heavy atom. The van der Waals surface area contributed by atoms with Crippen LogP contribution in [0.5, 0.6) is 0 Å². The van der Waals surface area contributed by atoms with Crippen LogP contribution in [-0.4, -0.2) is 9.97 Å². The molecule has 0 saturated heterocycles. The summed E-state index contributed by atoms with van der Waals surface area (Å²) in [5.74, 6) is 1.46. The van der Waals surface area contributed by atoms with Crippen LogP contribution in [0.1, 0.15) is 0 Å². The van der Waals surface area contributed by atoms with Gasteiger partial charge in [-0.2, -0.15) is 9.13 Å². The third kappa shape index (κ3) is 1.46. The Hall–Kier alpha value is -2.50. The van der Waals surface area contributed by atoms with Crippen LogP contribution in [0.25, 0.3) is 11.6 Å². The lowest BCUT2D eigenvalue weighted by molar-refractivity contribution is -0.612. The van der Waals surface area contributed by atoms with Gasteiger partial charge in [-0.15, -0.1) is 0 Å². The summed E-state index contributed by atoms with van der Waals surface area (Å²) in [6, 6.07) is 1.82. The molecule has 3 aromatic heterocycles. The highest BCUT2D eigenvalue weighted by Gasteiger charge is 2.17. The molecule has 0 amide bonds. The summed E-state index contributed by atoms with van der Waals surface area (Å²) in [5.41, 5.74) is 0. The zero-order valence-corrected chi connectivity index (χ0v) is 8.22. The van der Waals surface area contributed by atoms with Gasteiger partial charge < -0.3 is 8.83 Å². The van der Waals surface area contributed by atoms with Gasteiger partial charge in [0.25, 0.3) is 12.8 Å². The number of rotatable bonds is 2. The largest absolute Gasteiger partial charge is 0.432 e. The zero-order valence-electron chi connectivity index (χ0n) is 8.22. The Kier molecular flexibility index (Phi) is 1.96. The van der Waals surface area contributed by atoms with Crippen LogP contribution in [-0.2, 0) is 0 Å². The molecule has 0 radical (unpaired) electrons. The third-order valence-electron chi connectivity index (χ3n) is 2.12. The molecule has 3 aromatic rings. The van der Waals surface area contributed by atoms with Gasteiger partial charge in [-0.1, -0.05) is 0 Å². The second-order valence-corrected chi connectivity index (χ2v) is 3.10. The summed E-state index contributed by atoms with van der Waals surface area (Å²) >= 11 is 0. The first kappa shape index (κ1) is 8.78. The standard InChI is InChI=1S/C10H8N4O2/c1-3-15-7-13(1)9-5-10(12-6-11-9)14-2-4-16-8-14/h1-8H/q+2. The molecule has 0 N–H and O–H groups in total. The fourth-order valence-corrected chi connectivity index (χ4v) is 1.35. The molecule has 0 atom stereocenters. The van der Waals surface area contributed by atoms with Gasteiger partial charge in [-0.25, -0.2) is 0 Å². The minimum Gasteiger partial charge on any atom is -0.432 e. The summed E-state index contributed by atoms with van der Waals surface area (Å²) in [6.07, 6.45) is 11.3. The van der Waals surface area contributed by atoms with Gasteiger partial charge >= 0.3 is 18.0 Å². The van der Waals surface area contributed by atoms with Gasteiger partial charge in [0.2, 0.25) is 0 Å². The summed E-state index contributed by atoms with van der Waals surface area (Å²) in [6.45, 7) is 0. The van der Waals surface area contributed by atoms with Crippen LogP contribution in [0.4, 0.5) is 0 Å². The van der Waals surface area contributed by atoms with Crippen LogP contribution in [0.2, 0.25) is 0 Å². The predicted molar refractivity (Wildman–Crippen MR) is 49.6 cm³/mol. The molecule has 0 aliphatic rings. The van der Waals surface area contributed by atoms with E-state index in [1.165, 1.54) is 6.33 Å². The fraction of sp³-hybridized carbons (Fsp3) is 0. The van der Waals surface area contributed by atoms with Crippen molar-refractivity contribution in [2.24, 2.45) is 0 Å².